The van der Waals surface area contributed by atoms with E-state index in [1.54, 1.807) is 0 Å². The molecule has 0 amide bonds. The van der Waals surface area contributed by atoms with E-state index in [9.17, 15) is 0 Å². The third-order valence-corrected chi connectivity index (χ3v) is 12.2. The van der Waals surface area contributed by atoms with E-state index in [0.717, 1.165) is 82.8 Å². The topological polar surface area (TPSA) is 51.8 Å². The van der Waals surface area contributed by atoms with Crippen molar-refractivity contribution in [3.8, 4) is 78.7 Å². The van der Waals surface area contributed by atoms with Crippen LogP contribution in [0.3, 0.4) is 0 Å². The molecule has 0 aliphatic rings. The second-order valence-electron chi connectivity index (χ2n) is 15.9. The second-order valence-corrected chi connectivity index (χ2v) is 15.9. The summed E-state index contributed by atoms with van der Waals surface area (Å²) in [5, 5.41) is 6.73. The highest BCUT2D eigenvalue weighted by atomic mass is 16.3. The summed E-state index contributed by atoms with van der Waals surface area (Å²) < 4.78 is 6.79. The molecule has 0 N–H and O–H groups in total. The minimum Gasteiger partial charge on any atom is -0.455 e. The van der Waals surface area contributed by atoms with Gasteiger partial charge in [0.15, 0.2) is 17.5 Å². The number of nitrogens with zero attached hydrogens (tertiary/aromatic N) is 3. The molecular weight excluding hydrogens is 767 g/mol. The summed E-state index contributed by atoms with van der Waals surface area (Å²) in [5.41, 5.74) is 13.4. The zero-order valence-corrected chi connectivity index (χ0v) is 34.1. The van der Waals surface area contributed by atoms with E-state index < -0.39 is 0 Å². The minimum absolute atomic E-state index is 0.580. The fraction of sp³-hybridized carbons (Fsp3) is 0. The van der Waals surface area contributed by atoms with Crippen molar-refractivity contribution in [2.45, 2.75) is 0 Å². The summed E-state index contributed by atoms with van der Waals surface area (Å²) in [6.45, 7) is 0. The molecule has 2 aromatic heterocycles. The van der Waals surface area contributed by atoms with Gasteiger partial charge >= 0.3 is 0 Å². The van der Waals surface area contributed by atoms with Crippen molar-refractivity contribution in [1.29, 1.82) is 0 Å². The molecule has 63 heavy (non-hydrogen) atoms. The molecule has 0 bridgehead atoms. The number of furan rings is 1. The van der Waals surface area contributed by atoms with E-state index in [0.29, 0.717) is 17.5 Å². The fourth-order valence-electron chi connectivity index (χ4n) is 9.05. The lowest BCUT2D eigenvalue weighted by Gasteiger charge is -2.12. The largest absolute Gasteiger partial charge is 0.455 e. The lowest BCUT2D eigenvalue weighted by atomic mass is 9.95. The molecule has 0 radical (unpaired) electrons. The molecule has 4 nitrogen and oxygen atoms in total. The van der Waals surface area contributed by atoms with Crippen molar-refractivity contribution in [2.75, 3.05) is 0 Å². The zero-order valence-electron chi connectivity index (χ0n) is 34.1. The van der Waals surface area contributed by atoms with Crippen LogP contribution < -0.4 is 0 Å². The predicted octanol–water partition coefficient (Wildman–Crippen LogP) is 15.7. The van der Waals surface area contributed by atoms with E-state index in [4.69, 9.17) is 19.4 Å². The predicted molar refractivity (Wildman–Crippen MR) is 260 cm³/mol. The molecule has 12 rings (SSSR count). The normalized spacial score (nSPS) is 11.5. The quantitative estimate of drug-likeness (QED) is 0.161. The molecule has 294 valence electrons. The first-order valence-corrected chi connectivity index (χ1v) is 21.3. The second kappa shape index (κ2) is 15.2. The van der Waals surface area contributed by atoms with Crippen LogP contribution in [0, 0.1) is 0 Å². The number of hydrogen-bond acceptors (Lipinski definition) is 4. The molecule has 0 aliphatic carbocycles. The van der Waals surface area contributed by atoms with Gasteiger partial charge in [-0.2, -0.15) is 0 Å². The summed E-state index contributed by atoms with van der Waals surface area (Å²) in [7, 11) is 0. The minimum atomic E-state index is 0.580. The first kappa shape index (κ1) is 36.4. The van der Waals surface area contributed by atoms with Gasteiger partial charge in [-0.15, -0.1) is 0 Å². The van der Waals surface area contributed by atoms with Crippen molar-refractivity contribution in [2.24, 2.45) is 0 Å². The Kier molecular flexibility index (Phi) is 8.79. The van der Waals surface area contributed by atoms with Gasteiger partial charge in [-0.1, -0.05) is 212 Å². The summed E-state index contributed by atoms with van der Waals surface area (Å²) in [4.78, 5) is 15.7. The van der Waals surface area contributed by atoms with Crippen LogP contribution in [-0.2, 0) is 0 Å². The van der Waals surface area contributed by atoms with Gasteiger partial charge < -0.3 is 4.42 Å². The standard InChI is InChI=1S/C59H37N3O/c1-3-13-38(14-4-1)39-27-34-45(35-28-39)57-60-58(46-36-33-42-19-10-22-49(53(42)37-46)40-15-5-2-6-16-40)62-59(61-57)52-25-12-26-54-55(52)51-24-11-23-50(56(51)63-54)44-31-29-43(30-32-44)48-21-9-18-41-17-7-8-20-47(41)48/h1-37H. The van der Waals surface area contributed by atoms with Crippen molar-refractivity contribution in [3.05, 3.63) is 224 Å². The van der Waals surface area contributed by atoms with Gasteiger partial charge in [0.05, 0.1) is 0 Å². The van der Waals surface area contributed by atoms with E-state index >= 15 is 0 Å². The third kappa shape index (κ3) is 6.53. The van der Waals surface area contributed by atoms with Crippen LogP contribution in [0.5, 0.6) is 0 Å². The average molecular weight is 804 g/mol. The van der Waals surface area contributed by atoms with Crippen molar-refractivity contribution < 1.29 is 4.42 Å². The first-order valence-electron chi connectivity index (χ1n) is 21.3. The summed E-state index contributed by atoms with van der Waals surface area (Å²) in [6, 6.07) is 78.7. The Morgan fingerprint density at radius 2 is 0.730 bits per heavy atom. The Labute approximate surface area is 364 Å². The summed E-state index contributed by atoms with van der Waals surface area (Å²) in [5.74, 6) is 1.78. The highest BCUT2D eigenvalue weighted by Crippen LogP contribution is 2.41. The molecule has 0 spiro atoms. The highest BCUT2D eigenvalue weighted by molar-refractivity contribution is 6.15. The van der Waals surface area contributed by atoms with Gasteiger partial charge in [0.1, 0.15) is 11.2 Å². The van der Waals surface area contributed by atoms with Crippen LogP contribution in [0.4, 0.5) is 0 Å². The number of para-hydroxylation sites is 1. The molecule has 4 heteroatoms. The summed E-state index contributed by atoms with van der Waals surface area (Å²) >= 11 is 0. The Balaban J connectivity index is 1.01. The lowest BCUT2D eigenvalue weighted by Crippen LogP contribution is -2.00. The molecule has 0 atom stereocenters. The first-order chi connectivity index (χ1) is 31.2. The molecule has 0 saturated heterocycles. The number of fused-ring (bicyclic) bond motifs is 5. The third-order valence-electron chi connectivity index (χ3n) is 12.2. The van der Waals surface area contributed by atoms with Gasteiger partial charge in [0, 0.05) is 33.0 Å². The smallest absolute Gasteiger partial charge is 0.164 e. The van der Waals surface area contributed by atoms with Gasteiger partial charge in [-0.05, 0) is 72.6 Å². The maximum Gasteiger partial charge on any atom is 0.164 e. The monoisotopic (exact) mass is 803 g/mol. The van der Waals surface area contributed by atoms with Crippen LogP contribution in [0.1, 0.15) is 0 Å². The SMILES string of the molecule is c1ccc(-c2ccc(-c3nc(-c4ccc5cccc(-c6ccccc6)c5c4)nc(-c4cccc5oc6c(-c7ccc(-c8cccc9ccccc89)cc7)cccc6c45)n3)cc2)cc1. The Hall–Kier alpha value is -8.47. The summed E-state index contributed by atoms with van der Waals surface area (Å²) in [6.07, 6.45) is 0. The van der Waals surface area contributed by atoms with Crippen LogP contribution in [0.2, 0.25) is 0 Å². The number of hydrogen-bond donors (Lipinski definition) is 0. The maximum absolute atomic E-state index is 6.79. The van der Waals surface area contributed by atoms with Crippen molar-refractivity contribution in [3.63, 3.8) is 0 Å². The van der Waals surface area contributed by atoms with Crippen LogP contribution >= 0.6 is 0 Å². The van der Waals surface area contributed by atoms with Crippen molar-refractivity contribution >= 4 is 43.5 Å². The van der Waals surface area contributed by atoms with Crippen molar-refractivity contribution in [1.82, 2.24) is 15.0 Å². The lowest BCUT2D eigenvalue weighted by molar-refractivity contribution is 0.670. The number of aromatic nitrogens is 3. The molecule has 0 fully saturated rings. The van der Waals surface area contributed by atoms with Gasteiger partial charge in [0.2, 0.25) is 0 Å². The maximum atomic E-state index is 6.79. The van der Waals surface area contributed by atoms with Gasteiger partial charge in [-0.3, -0.25) is 0 Å². The fourth-order valence-corrected chi connectivity index (χ4v) is 9.05. The molecule has 12 aromatic rings. The number of rotatable bonds is 7. The molecule has 10 aromatic carbocycles. The zero-order chi connectivity index (χ0) is 41.7. The van der Waals surface area contributed by atoms with Gasteiger partial charge in [-0.25, -0.2) is 15.0 Å². The molecule has 0 unspecified atom stereocenters. The highest BCUT2D eigenvalue weighted by Gasteiger charge is 2.20. The van der Waals surface area contributed by atoms with E-state index in [-0.39, 0.29) is 0 Å². The average Bonchev–Trinajstić information content (AvgIpc) is 3.76. The van der Waals surface area contributed by atoms with Gasteiger partial charge in [0.25, 0.3) is 0 Å². The van der Waals surface area contributed by atoms with E-state index in [1.165, 1.54) is 21.9 Å². The van der Waals surface area contributed by atoms with Crippen LogP contribution in [-0.4, -0.2) is 15.0 Å². The van der Waals surface area contributed by atoms with E-state index in [2.05, 4.69) is 206 Å². The Morgan fingerprint density at radius 1 is 0.270 bits per heavy atom. The molecular formula is C59H37N3O. The van der Waals surface area contributed by atoms with Crippen LogP contribution in [0.15, 0.2) is 229 Å². The van der Waals surface area contributed by atoms with Crippen LogP contribution in [0.25, 0.3) is 122 Å². The van der Waals surface area contributed by atoms with E-state index in [1.807, 2.05) is 18.2 Å². The number of benzene rings is 10. The Morgan fingerprint density at radius 3 is 1.49 bits per heavy atom. The molecule has 0 aliphatic heterocycles. The Bertz CT molecular complexity index is 3650. The molecule has 0 saturated carbocycles. The molecule has 2 heterocycles.